The van der Waals surface area contributed by atoms with Crippen molar-refractivity contribution in [3.8, 4) is 46.0 Å². The summed E-state index contributed by atoms with van der Waals surface area (Å²) < 4.78 is 45.4. The number of carbonyl (C=O) groups is 1. The largest absolute Gasteiger partial charge is 0.497 e. The lowest BCUT2D eigenvalue weighted by molar-refractivity contribution is -0.146. The molecular formula is C52H58N2O10. The summed E-state index contributed by atoms with van der Waals surface area (Å²) in [5.74, 6) is 4.79. The van der Waals surface area contributed by atoms with E-state index in [1.807, 2.05) is 121 Å². The first-order valence-electron chi connectivity index (χ1n) is 21.6. The first-order chi connectivity index (χ1) is 31.3. The second-order valence-corrected chi connectivity index (χ2v) is 15.4. The number of Topliss-reactive ketones (excluding diaryl/α,β-unsaturated/α-hetero) is 1. The molecule has 7 rings (SSSR count). The summed E-state index contributed by atoms with van der Waals surface area (Å²) in [7, 11) is 6.55. The molecule has 0 saturated heterocycles. The van der Waals surface area contributed by atoms with Gasteiger partial charge in [0.1, 0.15) is 78.2 Å². The Balaban J connectivity index is 0.954. The number of hydrogen-bond donors (Lipinski definition) is 1. The number of aliphatic hydroxyl groups excluding tert-OH is 1. The van der Waals surface area contributed by atoms with E-state index in [1.54, 1.807) is 28.4 Å². The average Bonchev–Trinajstić information content (AvgIpc) is 3.34. The zero-order chi connectivity index (χ0) is 44.7. The Labute approximate surface area is 376 Å². The van der Waals surface area contributed by atoms with Gasteiger partial charge in [-0.3, -0.25) is 9.69 Å². The normalized spacial score (nSPS) is 18.8. The van der Waals surface area contributed by atoms with Crippen LogP contribution >= 0.6 is 0 Å². The molecule has 5 aromatic carbocycles. The number of anilines is 1. The van der Waals surface area contributed by atoms with Gasteiger partial charge in [-0.1, -0.05) is 36.4 Å². The number of ketones is 1. The number of nitrogens with zero attached hydrogens (tertiary/aromatic N) is 2. The molecule has 3 atom stereocenters. The standard InChI is InChI=1S/C52H58N2O10/c1-57-41-13-21-45(22-14-41)61-33-29-53(30-34-62-46-23-15-42(58-2)16-24-46)39-9-5-37(6-10-39)49-51(55)50(52(49)56)38-7-11-40(12-8-38)54(31-35-63-47-25-17-43(59-3)18-26-47)32-36-64-48-27-19-44(60-4)20-28-48/h5-28,37,39,49-51,55H,29-36H2,1-4H3. The molecule has 1 saturated carbocycles. The quantitative estimate of drug-likeness (QED) is 0.0608. The van der Waals surface area contributed by atoms with Crippen molar-refractivity contribution in [1.29, 1.82) is 0 Å². The van der Waals surface area contributed by atoms with Crippen LogP contribution in [0.2, 0.25) is 0 Å². The van der Waals surface area contributed by atoms with Gasteiger partial charge in [0.05, 0.1) is 59.5 Å². The summed E-state index contributed by atoms with van der Waals surface area (Å²) in [6, 6.07) is 37.9. The molecule has 0 heterocycles. The number of methoxy groups -OCH3 is 4. The molecule has 3 unspecified atom stereocenters. The Morgan fingerprint density at radius 2 is 0.797 bits per heavy atom. The maximum Gasteiger partial charge on any atom is 0.149 e. The third-order valence-corrected chi connectivity index (χ3v) is 11.7. The number of carbonyl (C=O) groups excluding carboxylic acids is 1. The summed E-state index contributed by atoms with van der Waals surface area (Å²) in [5, 5.41) is 11.5. The van der Waals surface area contributed by atoms with E-state index < -0.39 is 17.9 Å². The fraction of sp³-hybridized carbons (Fsp3) is 0.327. The van der Waals surface area contributed by atoms with Crippen molar-refractivity contribution in [1.82, 2.24) is 4.90 Å². The van der Waals surface area contributed by atoms with Crippen LogP contribution in [0.5, 0.6) is 46.0 Å². The average molecular weight is 871 g/mol. The highest BCUT2D eigenvalue weighted by Gasteiger charge is 2.52. The molecular weight excluding hydrogens is 813 g/mol. The predicted molar refractivity (Wildman–Crippen MR) is 247 cm³/mol. The van der Waals surface area contributed by atoms with Gasteiger partial charge in [-0.25, -0.2) is 0 Å². The van der Waals surface area contributed by atoms with Gasteiger partial charge in [0.25, 0.3) is 0 Å². The van der Waals surface area contributed by atoms with Gasteiger partial charge >= 0.3 is 0 Å². The lowest BCUT2D eigenvalue weighted by Crippen LogP contribution is -2.53. The van der Waals surface area contributed by atoms with Crippen molar-refractivity contribution in [2.45, 2.75) is 18.1 Å². The van der Waals surface area contributed by atoms with E-state index in [2.05, 4.69) is 34.1 Å². The lowest BCUT2D eigenvalue weighted by Gasteiger charge is -2.43. The van der Waals surface area contributed by atoms with Crippen molar-refractivity contribution in [3.63, 3.8) is 0 Å². The highest BCUT2D eigenvalue weighted by molar-refractivity contribution is 5.96. The minimum absolute atomic E-state index is 0.0354. The Morgan fingerprint density at radius 1 is 0.453 bits per heavy atom. The van der Waals surface area contributed by atoms with E-state index in [-0.39, 0.29) is 17.7 Å². The van der Waals surface area contributed by atoms with Gasteiger partial charge in [-0.15, -0.1) is 0 Å². The molecule has 0 aliphatic heterocycles. The Kier molecular flexibility index (Phi) is 16.1. The van der Waals surface area contributed by atoms with Gasteiger partial charge < -0.3 is 47.9 Å². The van der Waals surface area contributed by atoms with Crippen molar-refractivity contribution in [2.75, 3.05) is 85.9 Å². The van der Waals surface area contributed by atoms with Crippen LogP contribution in [0.3, 0.4) is 0 Å². The van der Waals surface area contributed by atoms with Gasteiger partial charge in [-0.05, 0) is 115 Å². The van der Waals surface area contributed by atoms with Crippen molar-refractivity contribution >= 4 is 11.5 Å². The molecule has 12 heteroatoms. The zero-order valence-corrected chi connectivity index (χ0v) is 36.9. The van der Waals surface area contributed by atoms with E-state index in [0.29, 0.717) is 52.6 Å². The monoisotopic (exact) mass is 870 g/mol. The SMILES string of the molecule is COc1ccc(OCCN(CCOc2ccc(OC)cc2)c2ccc(C3C(=O)C(C4C=CC(N(CCOc5ccc(OC)cc5)CCOc5ccc(OC)cc5)C=C4)C3O)cc2)cc1. The maximum absolute atomic E-state index is 13.8. The number of aliphatic hydroxyl groups is 1. The van der Waals surface area contributed by atoms with E-state index in [1.165, 1.54) is 0 Å². The molecule has 1 fully saturated rings. The van der Waals surface area contributed by atoms with Crippen LogP contribution in [0.25, 0.3) is 0 Å². The number of rotatable bonds is 24. The van der Waals surface area contributed by atoms with Crippen molar-refractivity contribution in [3.05, 3.63) is 151 Å². The highest BCUT2D eigenvalue weighted by atomic mass is 16.5. The number of hydrogen-bond acceptors (Lipinski definition) is 12. The summed E-state index contributed by atoms with van der Waals surface area (Å²) in [6.07, 6.45) is 7.51. The molecule has 0 radical (unpaired) electrons. The first-order valence-corrected chi connectivity index (χ1v) is 21.6. The van der Waals surface area contributed by atoms with Gasteiger partial charge in [-0.2, -0.15) is 0 Å². The van der Waals surface area contributed by atoms with Crippen LogP contribution < -0.4 is 42.8 Å². The van der Waals surface area contributed by atoms with Crippen LogP contribution in [-0.2, 0) is 4.79 Å². The maximum atomic E-state index is 13.8. The third kappa shape index (κ3) is 11.9. The van der Waals surface area contributed by atoms with Crippen LogP contribution in [0.4, 0.5) is 5.69 Å². The Bertz CT molecular complexity index is 2130. The molecule has 0 amide bonds. The van der Waals surface area contributed by atoms with E-state index in [0.717, 1.165) is 57.2 Å². The van der Waals surface area contributed by atoms with Crippen LogP contribution in [-0.4, -0.2) is 109 Å². The zero-order valence-electron chi connectivity index (χ0n) is 36.9. The smallest absolute Gasteiger partial charge is 0.149 e. The molecule has 336 valence electrons. The van der Waals surface area contributed by atoms with Gasteiger partial charge in [0.15, 0.2) is 0 Å². The molecule has 0 spiro atoms. The Morgan fingerprint density at radius 3 is 1.14 bits per heavy atom. The van der Waals surface area contributed by atoms with Crippen molar-refractivity contribution < 1.29 is 47.8 Å². The topological polar surface area (TPSA) is 118 Å². The summed E-state index contributed by atoms with van der Waals surface area (Å²) in [5.41, 5.74) is 1.75. The number of benzene rings is 5. The molecule has 64 heavy (non-hydrogen) atoms. The van der Waals surface area contributed by atoms with E-state index in [9.17, 15) is 9.90 Å². The fourth-order valence-corrected chi connectivity index (χ4v) is 7.98. The first kappa shape index (κ1) is 45.4. The summed E-state index contributed by atoms with van der Waals surface area (Å²) >= 11 is 0. The molecule has 12 nitrogen and oxygen atoms in total. The minimum atomic E-state index is -0.812. The molecule has 0 aromatic heterocycles. The highest BCUT2D eigenvalue weighted by Crippen LogP contribution is 2.44. The Hall–Kier alpha value is -6.63. The van der Waals surface area contributed by atoms with E-state index in [4.69, 9.17) is 37.9 Å². The molecule has 2 aliphatic rings. The van der Waals surface area contributed by atoms with Gasteiger partial charge in [0.2, 0.25) is 0 Å². The van der Waals surface area contributed by atoms with Crippen LogP contribution in [0, 0.1) is 11.8 Å². The molecule has 5 aromatic rings. The molecule has 1 N–H and O–H groups in total. The fourth-order valence-electron chi connectivity index (χ4n) is 7.98. The summed E-state index contributed by atoms with van der Waals surface area (Å²) in [6.45, 7) is 4.25. The van der Waals surface area contributed by atoms with Crippen molar-refractivity contribution in [2.24, 2.45) is 11.8 Å². The minimum Gasteiger partial charge on any atom is -0.497 e. The predicted octanol–water partition coefficient (Wildman–Crippen LogP) is 7.90. The van der Waals surface area contributed by atoms with Gasteiger partial charge in [0, 0.05) is 30.7 Å². The second kappa shape index (κ2) is 22.6. The van der Waals surface area contributed by atoms with E-state index >= 15 is 0 Å². The molecule has 0 bridgehead atoms. The van der Waals surface area contributed by atoms with Crippen LogP contribution in [0.1, 0.15) is 11.5 Å². The van der Waals surface area contributed by atoms with Crippen LogP contribution in [0.15, 0.2) is 146 Å². The molecule has 2 aliphatic carbocycles. The lowest BCUT2D eigenvalue weighted by atomic mass is 9.62. The number of ether oxygens (including phenoxy) is 8. The number of allylic oxidation sites excluding steroid dienone is 2. The third-order valence-electron chi connectivity index (χ3n) is 11.7. The second-order valence-electron chi connectivity index (χ2n) is 15.4. The summed E-state index contributed by atoms with van der Waals surface area (Å²) in [4.78, 5) is 18.3.